The lowest BCUT2D eigenvalue weighted by molar-refractivity contribution is -0.123. The molecule has 2 atom stereocenters. The highest BCUT2D eigenvalue weighted by molar-refractivity contribution is 7.07. The number of Topliss-reactive ketones (excluding diaryl/α,β-unsaturated/α-hetero) is 1. The smallest absolute Gasteiger partial charge is 0.137 e. The molecule has 104 valence electrons. The quantitative estimate of drug-likeness (QED) is 0.839. The summed E-state index contributed by atoms with van der Waals surface area (Å²) >= 11 is 1.78. The molecule has 3 heteroatoms. The van der Waals surface area contributed by atoms with Gasteiger partial charge in [0.05, 0.1) is 0 Å². The SMILES string of the molecule is O=C1CCCC1C1CCCCN1CCc1ccsc1. The summed E-state index contributed by atoms with van der Waals surface area (Å²) in [6.07, 6.45) is 8.09. The second kappa shape index (κ2) is 6.19. The minimum absolute atomic E-state index is 0.350. The van der Waals surface area contributed by atoms with Crippen molar-refractivity contribution in [2.75, 3.05) is 13.1 Å². The molecule has 19 heavy (non-hydrogen) atoms. The zero-order valence-corrected chi connectivity index (χ0v) is 12.3. The van der Waals surface area contributed by atoms with Crippen LogP contribution >= 0.6 is 11.3 Å². The molecule has 0 bridgehead atoms. The fraction of sp³-hybridized carbons (Fsp3) is 0.688. The van der Waals surface area contributed by atoms with E-state index in [2.05, 4.69) is 21.7 Å². The first kappa shape index (κ1) is 13.3. The number of carbonyl (C=O) groups excluding carboxylic acids is 1. The number of nitrogens with zero attached hydrogens (tertiary/aromatic N) is 1. The van der Waals surface area contributed by atoms with Crippen molar-refractivity contribution in [3.05, 3.63) is 22.4 Å². The highest BCUT2D eigenvalue weighted by Gasteiger charge is 2.36. The Bertz CT molecular complexity index is 414. The normalized spacial score (nSPS) is 28.9. The molecule has 0 radical (unpaired) electrons. The monoisotopic (exact) mass is 277 g/mol. The Kier molecular flexibility index (Phi) is 4.34. The maximum atomic E-state index is 12.0. The number of ketones is 1. The van der Waals surface area contributed by atoms with Crippen molar-refractivity contribution in [1.29, 1.82) is 0 Å². The number of carbonyl (C=O) groups is 1. The van der Waals surface area contributed by atoms with Crippen LogP contribution < -0.4 is 0 Å². The van der Waals surface area contributed by atoms with Crippen LogP contribution in [0.5, 0.6) is 0 Å². The molecule has 1 aliphatic heterocycles. The van der Waals surface area contributed by atoms with E-state index in [4.69, 9.17) is 0 Å². The van der Waals surface area contributed by atoms with Crippen molar-refractivity contribution in [3.63, 3.8) is 0 Å². The molecule has 2 fully saturated rings. The third-order valence-corrected chi connectivity index (χ3v) is 5.48. The first-order chi connectivity index (χ1) is 9.34. The van der Waals surface area contributed by atoms with E-state index in [1.165, 1.54) is 31.4 Å². The maximum absolute atomic E-state index is 12.0. The summed E-state index contributed by atoms with van der Waals surface area (Å²) < 4.78 is 0. The molecule has 1 aromatic rings. The minimum Gasteiger partial charge on any atom is -0.299 e. The molecule has 1 saturated carbocycles. The largest absolute Gasteiger partial charge is 0.299 e. The first-order valence-electron chi connectivity index (χ1n) is 7.62. The van der Waals surface area contributed by atoms with E-state index in [0.29, 0.717) is 17.7 Å². The molecular formula is C16H23NOS. The zero-order chi connectivity index (χ0) is 13.1. The lowest BCUT2D eigenvalue weighted by Gasteiger charge is -2.38. The Morgan fingerprint density at radius 3 is 2.95 bits per heavy atom. The fourth-order valence-electron chi connectivity index (χ4n) is 3.71. The fourth-order valence-corrected chi connectivity index (χ4v) is 4.41. The van der Waals surface area contributed by atoms with Gasteiger partial charge in [-0.25, -0.2) is 0 Å². The van der Waals surface area contributed by atoms with Crippen LogP contribution in [0, 0.1) is 5.92 Å². The zero-order valence-electron chi connectivity index (χ0n) is 11.5. The number of hydrogen-bond donors (Lipinski definition) is 0. The number of likely N-dealkylation sites (tertiary alicyclic amines) is 1. The molecule has 0 N–H and O–H groups in total. The summed E-state index contributed by atoms with van der Waals surface area (Å²) in [6.45, 7) is 2.32. The van der Waals surface area contributed by atoms with Crippen LogP contribution in [0.1, 0.15) is 44.1 Å². The van der Waals surface area contributed by atoms with Crippen molar-refractivity contribution in [2.45, 2.75) is 51.0 Å². The van der Waals surface area contributed by atoms with E-state index >= 15 is 0 Å². The van der Waals surface area contributed by atoms with Gasteiger partial charge in [-0.15, -0.1) is 0 Å². The number of thiophene rings is 1. The number of piperidine rings is 1. The average molecular weight is 277 g/mol. The summed E-state index contributed by atoms with van der Waals surface area (Å²) in [7, 11) is 0. The Morgan fingerprint density at radius 2 is 2.21 bits per heavy atom. The van der Waals surface area contributed by atoms with E-state index in [9.17, 15) is 4.79 Å². The van der Waals surface area contributed by atoms with Crippen LogP contribution in [-0.2, 0) is 11.2 Å². The molecule has 3 rings (SSSR count). The topological polar surface area (TPSA) is 20.3 Å². The van der Waals surface area contributed by atoms with Crippen LogP contribution in [0.4, 0.5) is 0 Å². The van der Waals surface area contributed by atoms with Crippen LogP contribution in [0.3, 0.4) is 0 Å². The Balaban J connectivity index is 1.62. The van der Waals surface area contributed by atoms with Crippen molar-refractivity contribution >= 4 is 17.1 Å². The molecule has 2 aliphatic rings. The second-order valence-electron chi connectivity index (χ2n) is 5.95. The minimum atomic E-state index is 0.350. The van der Waals surface area contributed by atoms with Crippen molar-refractivity contribution < 1.29 is 4.79 Å². The lowest BCUT2D eigenvalue weighted by Crippen LogP contribution is -2.46. The first-order valence-corrected chi connectivity index (χ1v) is 8.57. The average Bonchev–Trinajstić information content (AvgIpc) is 3.08. The predicted octanol–water partition coefficient (Wildman–Crippen LogP) is 3.51. The molecule has 2 nitrogen and oxygen atoms in total. The van der Waals surface area contributed by atoms with Gasteiger partial charge in [-0.2, -0.15) is 11.3 Å². The van der Waals surface area contributed by atoms with Crippen LogP contribution in [0.25, 0.3) is 0 Å². The lowest BCUT2D eigenvalue weighted by atomic mass is 9.88. The molecule has 0 amide bonds. The van der Waals surface area contributed by atoms with E-state index in [1.807, 2.05) is 0 Å². The highest BCUT2D eigenvalue weighted by atomic mass is 32.1. The van der Waals surface area contributed by atoms with Gasteiger partial charge in [0, 0.05) is 24.9 Å². The summed E-state index contributed by atoms with van der Waals surface area (Å²) in [6, 6.07) is 2.77. The Morgan fingerprint density at radius 1 is 1.26 bits per heavy atom. The molecule has 0 spiro atoms. The van der Waals surface area contributed by atoms with Gasteiger partial charge >= 0.3 is 0 Å². The van der Waals surface area contributed by atoms with Gasteiger partial charge < -0.3 is 0 Å². The van der Waals surface area contributed by atoms with Crippen molar-refractivity contribution in [3.8, 4) is 0 Å². The molecule has 2 unspecified atom stereocenters. The van der Waals surface area contributed by atoms with E-state index in [1.54, 1.807) is 11.3 Å². The summed E-state index contributed by atoms with van der Waals surface area (Å²) in [5.74, 6) is 0.884. The predicted molar refractivity (Wildman–Crippen MR) is 79.6 cm³/mol. The second-order valence-corrected chi connectivity index (χ2v) is 6.73. The summed E-state index contributed by atoms with van der Waals surface area (Å²) in [4.78, 5) is 14.6. The molecule has 0 aromatic carbocycles. The standard InChI is InChI=1S/C16H23NOS/c18-16-6-3-4-14(16)15-5-1-2-9-17(15)10-7-13-8-11-19-12-13/h8,11-12,14-15H,1-7,9-10H2. The van der Waals surface area contributed by atoms with Gasteiger partial charge in [0.2, 0.25) is 0 Å². The molecule has 1 aromatic heterocycles. The maximum Gasteiger partial charge on any atom is 0.137 e. The summed E-state index contributed by atoms with van der Waals surface area (Å²) in [5, 5.41) is 4.41. The Hall–Kier alpha value is -0.670. The van der Waals surface area contributed by atoms with Gasteiger partial charge in [0.25, 0.3) is 0 Å². The van der Waals surface area contributed by atoms with E-state index < -0.39 is 0 Å². The number of hydrogen-bond acceptors (Lipinski definition) is 3. The molecule has 1 aliphatic carbocycles. The van der Waals surface area contributed by atoms with Crippen molar-refractivity contribution in [1.82, 2.24) is 4.90 Å². The van der Waals surface area contributed by atoms with Gasteiger partial charge in [-0.1, -0.05) is 6.42 Å². The van der Waals surface area contributed by atoms with Crippen LogP contribution in [-0.4, -0.2) is 29.8 Å². The van der Waals surface area contributed by atoms with Crippen LogP contribution in [0.2, 0.25) is 0 Å². The third-order valence-electron chi connectivity index (χ3n) is 4.75. The van der Waals surface area contributed by atoms with Gasteiger partial charge in [0.15, 0.2) is 0 Å². The highest BCUT2D eigenvalue weighted by Crippen LogP contribution is 2.32. The van der Waals surface area contributed by atoms with Gasteiger partial charge in [-0.05, 0) is 61.0 Å². The molecule has 1 saturated heterocycles. The molecule has 2 heterocycles. The van der Waals surface area contributed by atoms with Crippen LogP contribution in [0.15, 0.2) is 16.8 Å². The third kappa shape index (κ3) is 3.09. The Labute approximate surface area is 119 Å². The van der Waals surface area contributed by atoms with Gasteiger partial charge in [-0.3, -0.25) is 9.69 Å². The summed E-state index contributed by atoms with van der Waals surface area (Å²) in [5.41, 5.74) is 1.45. The molecular weight excluding hydrogens is 254 g/mol. The van der Waals surface area contributed by atoms with E-state index in [-0.39, 0.29) is 0 Å². The van der Waals surface area contributed by atoms with Gasteiger partial charge in [0.1, 0.15) is 5.78 Å². The van der Waals surface area contributed by atoms with E-state index in [0.717, 1.165) is 32.2 Å². The number of rotatable bonds is 4. The van der Waals surface area contributed by atoms with Crippen molar-refractivity contribution in [2.24, 2.45) is 5.92 Å².